The molecule has 0 spiro atoms. The molecule has 3 N–H and O–H groups in total. The standard InChI is InChI=1S/C24H27N3O5/c1-14(19(28)25-18-11-9-16(10-12-18)23(2,3)4)32-20(29)15-7-6-8-17(13-15)24(5)21(30)26-22(31)27-24/h6-14H,1-5H3,(H,25,28)(H2,26,27,30,31)/t14-,24+/m1/s1. The van der Waals surface area contributed by atoms with Gasteiger partial charge in [-0.2, -0.15) is 0 Å². The van der Waals surface area contributed by atoms with Crippen molar-refractivity contribution >= 4 is 29.5 Å². The van der Waals surface area contributed by atoms with Crippen molar-refractivity contribution in [3.05, 3.63) is 65.2 Å². The van der Waals surface area contributed by atoms with Gasteiger partial charge < -0.3 is 15.4 Å². The van der Waals surface area contributed by atoms with Gasteiger partial charge in [-0.3, -0.25) is 14.9 Å². The number of esters is 1. The Kier molecular flexibility index (Phi) is 6.07. The quantitative estimate of drug-likeness (QED) is 0.491. The number of nitrogens with one attached hydrogen (secondary N) is 3. The molecular formula is C24H27N3O5. The molecule has 0 aliphatic carbocycles. The lowest BCUT2D eigenvalue weighted by Crippen LogP contribution is -2.40. The first kappa shape index (κ1) is 23.0. The van der Waals surface area contributed by atoms with Gasteiger partial charge in [-0.25, -0.2) is 9.59 Å². The molecule has 1 saturated heterocycles. The van der Waals surface area contributed by atoms with Gasteiger partial charge in [0.25, 0.3) is 11.8 Å². The van der Waals surface area contributed by atoms with Crippen LogP contribution in [0.15, 0.2) is 48.5 Å². The number of hydrogen-bond acceptors (Lipinski definition) is 5. The third kappa shape index (κ3) is 4.80. The van der Waals surface area contributed by atoms with Crippen molar-refractivity contribution in [2.24, 2.45) is 0 Å². The lowest BCUT2D eigenvalue weighted by molar-refractivity contribution is -0.124. The maximum Gasteiger partial charge on any atom is 0.338 e. The van der Waals surface area contributed by atoms with Crippen LogP contribution in [-0.2, 0) is 25.3 Å². The van der Waals surface area contributed by atoms with E-state index in [4.69, 9.17) is 4.74 Å². The first-order valence-corrected chi connectivity index (χ1v) is 10.3. The molecule has 2 aromatic rings. The topological polar surface area (TPSA) is 114 Å². The van der Waals surface area contributed by atoms with E-state index in [-0.39, 0.29) is 11.0 Å². The number of carbonyl (C=O) groups is 4. The van der Waals surface area contributed by atoms with Crippen molar-refractivity contribution in [1.29, 1.82) is 0 Å². The summed E-state index contributed by atoms with van der Waals surface area (Å²) in [5.74, 6) is -1.70. The van der Waals surface area contributed by atoms with E-state index in [1.807, 2.05) is 12.1 Å². The molecule has 1 fully saturated rings. The summed E-state index contributed by atoms with van der Waals surface area (Å²) < 4.78 is 5.31. The van der Waals surface area contributed by atoms with Gasteiger partial charge in [0.2, 0.25) is 0 Å². The number of urea groups is 1. The van der Waals surface area contributed by atoms with E-state index in [0.717, 1.165) is 5.56 Å². The smallest absolute Gasteiger partial charge is 0.338 e. The van der Waals surface area contributed by atoms with Crippen molar-refractivity contribution in [3.8, 4) is 0 Å². The molecule has 4 amide bonds. The van der Waals surface area contributed by atoms with Crippen LogP contribution in [0.2, 0.25) is 0 Å². The molecule has 8 heteroatoms. The average Bonchev–Trinajstić information content (AvgIpc) is 3.00. The number of rotatable bonds is 5. The van der Waals surface area contributed by atoms with Crippen molar-refractivity contribution in [2.45, 2.75) is 51.7 Å². The minimum atomic E-state index is -1.30. The summed E-state index contributed by atoms with van der Waals surface area (Å²) in [4.78, 5) is 48.7. The highest BCUT2D eigenvalue weighted by Crippen LogP contribution is 2.26. The zero-order valence-electron chi connectivity index (χ0n) is 18.7. The van der Waals surface area contributed by atoms with Gasteiger partial charge in [-0.1, -0.05) is 45.0 Å². The molecule has 32 heavy (non-hydrogen) atoms. The Morgan fingerprint density at radius 3 is 2.28 bits per heavy atom. The molecule has 1 heterocycles. The Balaban J connectivity index is 1.66. The molecule has 168 valence electrons. The van der Waals surface area contributed by atoms with Gasteiger partial charge in [0.05, 0.1) is 5.56 Å². The summed E-state index contributed by atoms with van der Waals surface area (Å²) >= 11 is 0. The lowest BCUT2D eigenvalue weighted by atomic mass is 9.87. The van der Waals surface area contributed by atoms with Crippen LogP contribution < -0.4 is 16.0 Å². The molecule has 2 atom stereocenters. The summed E-state index contributed by atoms with van der Waals surface area (Å²) in [6.45, 7) is 9.32. The molecule has 0 unspecified atom stereocenters. The minimum absolute atomic E-state index is 0.00104. The molecule has 0 bridgehead atoms. The van der Waals surface area contributed by atoms with Crippen LogP contribution >= 0.6 is 0 Å². The lowest BCUT2D eigenvalue weighted by Gasteiger charge is -2.21. The van der Waals surface area contributed by atoms with Crippen LogP contribution in [0.1, 0.15) is 56.1 Å². The van der Waals surface area contributed by atoms with Crippen molar-refractivity contribution in [1.82, 2.24) is 10.6 Å². The molecule has 2 aromatic carbocycles. The highest BCUT2D eigenvalue weighted by Gasteiger charge is 2.43. The molecule has 0 aromatic heterocycles. The number of amides is 4. The Morgan fingerprint density at radius 1 is 1.06 bits per heavy atom. The maximum absolute atomic E-state index is 12.6. The molecule has 0 radical (unpaired) electrons. The SMILES string of the molecule is C[C@@H](OC(=O)c1cccc([C@]2(C)NC(=O)NC2=O)c1)C(=O)Nc1ccc(C(C)(C)C)cc1. The highest BCUT2D eigenvalue weighted by atomic mass is 16.5. The monoisotopic (exact) mass is 437 g/mol. The van der Waals surface area contributed by atoms with E-state index >= 15 is 0 Å². The number of imide groups is 1. The van der Waals surface area contributed by atoms with E-state index < -0.39 is 35.5 Å². The zero-order chi connectivity index (χ0) is 23.7. The van der Waals surface area contributed by atoms with Crippen LogP contribution in [0.4, 0.5) is 10.5 Å². The third-order valence-corrected chi connectivity index (χ3v) is 5.39. The molecular weight excluding hydrogens is 410 g/mol. The predicted molar refractivity (Wildman–Crippen MR) is 119 cm³/mol. The van der Waals surface area contributed by atoms with Crippen LogP contribution in [0.5, 0.6) is 0 Å². The number of carbonyl (C=O) groups excluding carboxylic acids is 4. The number of benzene rings is 2. The van der Waals surface area contributed by atoms with Gasteiger partial charge >= 0.3 is 12.0 Å². The zero-order valence-corrected chi connectivity index (χ0v) is 18.7. The fourth-order valence-corrected chi connectivity index (χ4v) is 3.28. The van der Waals surface area contributed by atoms with Gasteiger partial charge in [0.1, 0.15) is 5.54 Å². The molecule has 0 saturated carbocycles. The van der Waals surface area contributed by atoms with Crippen LogP contribution in [0.3, 0.4) is 0 Å². The fourth-order valence-electron chi connectivity index (χ4n) is 3.28. The normalized spacial score (nSPS) is 19.0. The Morgan fingerprint density at radius 2 is 1.72 bits per heavy atom. The maximum atomic E-state index is 12.6. The van der Waals surface area contributed by atoms with E-state index in [1.54, 1.807) is 31.2 Å². The summed E-state index contributed by atoms with van der Waals surface area (Å²) in [5, 5.41) is 7.46. The van der Waals surface area contributed by atoms with Crippen LogP contribution in [0.25, 0.3) is 0 Å². The number of ether oxygens (including phenoxy) is 1. The number of hydrogen-bond donors (Lipinski definition) is 3. The van der Waals surface area contributed by atoms with Gasteiger partial charge in [-0.05, 0) is 54.7 Å². The molecule has 3 rings (SSSR count). The van der Waals surface area contributed by atoms with E-state index in [0.29, 0.717) is 11.3 Å². The van der Waals surface area contributed by atoms with E-state index in [9.17, 15) is 19.2 Å². The molecule has 1 aliphatic rings. The highest BCUT2D eigenvalue weighted by molar-refractivity contribution is 6.07. The third-order valence-electron chi connectivity index (χ3n) is 5.39. The van der Waals surface area contributed by atoms with Crippen molar-refractivity contribution < 1.29 is 23.9 Å². The van der Waals surface area contributed by atoms with Gasteiger partial charge in [0.15, 0.2) is 6.10 Å². The van der Waals surface area contributed by atoms with Crippen LogP contribution in [0, 0.1) is 0 Å². The summed E-state index contributed by atoms with van der Waals surface area (Å²) in [5.41, 5.74) is 1.02. The second-order valence-electron chi connectivity index (χ2n) is 8.98. The van der Waals surface area contributed by atoms with E-state index in [1.165, 1.54) is 19.1 Å². The largest absolute Gasteiger partial charge is 0.449 e. The van der Waals surface area contributed by atoms with Crippen molar-refractivity contribution in [2.75, 3.05) is 5.32 Å². The first-order chi connectivity index (χ1) is 14.9. The second-order valence-corrected chi connectivity index (χ2v) is 8.98. The Labute approximate surface area is 186 Å². The fraction of sp³-hybridized carbons (Fsp3) is 0.333. The second kappa shape index (κ2) is 8.45. The predicted octanol–water partition coefficient (Wildman–Crippen LogP) is 3.22. The summed E-state index contributed by atoms with van der Waals surface area (Å²) in [6, 6.07) is 13.1. The minimum Gasteiger partial charge on any atom is -0.449 e. The van der Waals surface area contributed by atoms with Gasteiger partial charge in [-0.15, -0.1) is 0 Å². The first-order valence-electron chi connectivity index (χ1n) is 10.3. The molecule has 8 nitrogen and oxygen atoms in total. The van der Waals surface area contributed by atoms with Crippen LogP contribution in [-0.4, -0.2) is 29.9 Å². The summed E-state index contributed by atoms with van der Waals surface area (Å²) in [6.07, 6.45) is -1.04. The van der Waals surface area contributed by atoms with E-state index in [2.05, 4.69) is 36.7 Å². The number of anilines is 1. The average molecular weight is 437 g/mol. The summed E-state index contributed by atoms with van der Waals surface area (Å²) in [7, 11) is 0. The van der Waals surface area contributed by atoms with Crippen molar-refractivity contribution in [3.63, 3.8) is 0 Å². The molecule has 1 aliphatic heterocycles. The Bertz CT molecular complexity index is 1070. The van der Waals surface area contributed by atoms with Gasteiger partial charge in [0, 0.05) is 5.69 Å². The Hall–Kier alpha value is -3.68.